The predicted molar refractivity (Wildman–Crippen MR) is 126 cm³/mol. The van der Waals surface area contributed by atoms with Crippen molar-refractivity contribution in [3.63, 3.8) is 0 Å². The van der Waals surface area contributed by atoms with Crippen LogP contribution in [0.1, 0.15) is 24.5 Å². The molecule has 2 aromatic carbocycles. The molecule has 0 bridgehead atoms. The van der Waals surface area contributed by atoms with E-state index in [2.05, 4.69) is 34.2 Å². The number of aromatic amines is 1. The van der Waals surface area contributed by atoms with E-state index in [1.165, 1.54) is 17.3 Å². The number of hydrogen-bond acceptors (Lipinski definition) is 6. The van der Waals surface area contributed by atoms with Crippen molar-refractivity contribution >= 4 is 27.5 Å². The van der Waals surface area contributed by atoms with Gasteiger partial charge in [0.05, 0.1) is 17.3 Å². The quantitative estimate of drug-likeness (QED) is 0.507. The molecule has 32 heavy (non-hydrogen) atoms. The van der Waals surface area contributed by atoms with Crippen molar-refractivity contribution in [3.8, 4) is 11.4 Å². The Labute approximate surface area is 192 Å². The van der Waals surface area contributed by atoms with Crippen molar-refractivity contribution in [2.75, 3.05) is 17.3 Å². The molecule has 168 valence electrons. The zero-order valence-electron chi connectivity index (χ0n) is 17.9. The van der Waals surface area contributed by atoms with Gasteiger partial charge in [0.15, 0.2) is 15.7 Å². The molecule has 1 aliphatic heterocycles. The van der Waals surface area contributed by atoms with Crippen molar-refractivity contribution < 1.29 is 13.2 Å². The van der Waals surface area contributed by atoms with Gasteiger partial charge >= 0.3 is 0 Å². The molecule has 2 heterocycles. The van der Waals surface area contributed by atoms with Gasteiger partial charge < -0.3 is 4.90 Å². The second kappa shape index (κ2) is 9.87. The standard InChI is InChI=1S/C23H26N4O3S2/c1-2-17-8-10-19(11-9-17)22-24-23(26-25-22)31-15-21(28)27(14-18-6-4-3-5-7-18)20-12-13-32(29,30)16-20/h3-11,20H,2,12-16H2,1H3,(H,24,25,26). The van der Waals surface area contributed by atoms with E-state index in [1.807, 2.05) is 42.5 Å². The fourth-order valence-electron chi connectivity index (χ4n) is 3.77. The maximum atomic E-state index is 13.1. The van der Waals surface area contributed by atoms with E-state index in [4.69, 9.17) is 0 Å². The van der Waals surface area contributed by atoms with Crippen LogP contribution in [0, 0.1) is 0 Å². The third-order valence-electron chi connectivity index (χ3n) is 5.59. The van der Waals surface area contributed by atoms with Crippen LogP contribution >= 0.6 is 11.8 Å². The van der Waals surface area contributed by atoms with Crippen LogP contribution in [0.3, 0.4) is 0 Å². The van der Waals surface area contributed by atoms with Gasteiger partial charge in [-0.3, -0.25) is 9.89 Å². The molecule has 0 spiro atoms. The average molecular weight is 471 g/mol. The molecule has 1 atom stereocenters. The van der Waals surface area contributed by atoms with Crippen LogP contribution < -0.4 is 0 Å². The summed E-state index contributed by atoms with van der Waals surface area (Å²) < 4.78 is 24.0. The first-order valence-corrected chi connectivity index (χ1v) is 13.4. The maximum absolute atomic E-state index is 13.1. The van der Waals surface area contributed by atoms with E-state index in [1.54, 1.807) is 4.90 Å². The van der Waals surface area contributed by atoms with Crippen LogP contribution in [0.2, 0.25) is 0 Å². The number of nitrogens with zero attached hydrogens (tertiary/aromatic N) is 3. The van der Waals surface area contributed by atoms with E-state index in [9.17, 15) is 13.2 Å². The maximum Gasteiger partial charge on any atom is 0.233 e. The van der Waals surface area contributed by atoms with E-state index in [0.29, 0.717) is 23.9 Å². The normalized spacial score (nSPS) is 17.3. The van der Waals surface area contributed by atoms with Gasteiger partial charge in [-0.25, -0.2) is 13.4 Å². The van der Waals surface area contributed by atoms with Crippen molar-refractivity contribution in [2.45, 2.75) is 37.5 Å². The fourth-order valence-corrected chi connectivity index (χ4v) is 6.18. The molecule has 1 aliphatic rings. The molecule has 0 saturated carbocycles. The SMILES string of the molecule is CCc1ccc(-c2nc(SCC(=O)N(Cc3ccccc3)C3CCS(=O)(=O)C3)n[nH]2)cc1. The summed E-state index contributed by atoms with van der Waals surface area (Å²) in [7, 11) is -3.10. The highest BCUT2D eigenvalue weighted by atomic mass is 32.2. The van der Waals surface area contributed by atoms with Gasteiger partial charge in [0.1, 0.15) is 0 Å². The molecule has 9 heteroatoms. The number of H-pyrrole nitrogens is 1. The first kappa shape index (κ1) is 22.5. The Morgan fingerprint density at radius 1 is 1.12 bits per heavy atom. The van der Waals surface area contributed by atoms with Gasteiger partial charge in [-0.1, -0.05) is 73.3 Å². The summed E-state index contributed by atoms with van der Waals surface area (Å²) in [6, 6.07) is 17.5. The molecular weight excluding hydrogens is 444 g/mol. The lowest BCUT2D eigenvalue weighted by Gasteiger charge is -2.28. The molecule has 0 radical (unpaired) electrons. The van der Waals surface area contributed by atoms with Gasteiger partial charge in [-0.15, -0.1) is 5.10 Å². The third kappa shape index (κ3) is 5.58. The monoisotopic (exact) mass is 470 g/mol. The van der Waals surface area contributed by atoms with Crippen LogP contribution in [-0.2, 0) is 27.6 Å². The van der Waals surface area contributed by atoms with E-state index >= 15 is 0 Å². The highest BCUT2D eigenvalue weighted by molar-refractivity contribution is 7.99. The Bertz CT molecular complexity index is 1160. The Balaban J connectivity index is 1.43. The summed E-state index contributed by atoms with van der Waals surface area (Å²) in [6.45, 7) is 2.50. The average Bonchev–Trinajstić information content (AvgIpc) is 3.43. The summed E-state index contributed by atoms with van der Waals surface area (Å²) in [5.41, 5.74) is 3.17. The number of hydrogen-bond donors (Lipinski definition) is 1. The minimum Gasteiger partial charge on any atom is -0.334 e. The summed E-state index contributed by atoms with van der Waals surface area (Å²) >= 11 is 1.26. The Kier molecular flexibility index (Phi) is 6.95. The third-order valence-corrected chi connectivity index (χ3v) is 8.17. The Morgan fingerprint density at radius 3 is 2.53 bits per heavy atom. The molecule has 1 unspecified atom stereocenters. The second-order valence-electron chi connectivity index (χ2n) is 7.87. The topological polar surface area (TPSA) is 96.0 Å². The van der Waals surface area contributed by atoms with Crippen molar-refractivity contribution in [2.24, 2.45) is 0 Å². The number of aryl methyl sites for hydroxylation is 1. The number of thioether (sulfide) groups is 1. The lowest BCUT2D eigenvalue weighted by atomic mass is 10.1. The molecule has 3 aromatic rings. The van der Waals surface area contributed by atoms with E-state index in [-0.39, 0.29) is 29.2 Å². The smallest absolute Gasteiger partial charge is 0.233 e. The number of aromatic nitrogens is 3. The molecule has 1 amide bonds. The first-order valence-electron chi connectivity index (χ1n) is 10.6. The van der Waals surface area contributed by atoms with Gasteiger partial charge in [0, 0.05) is 18.2 Å². The number of amides is 1. The van der Waals surface area contributed by atoms with Crippen LogP contribution in [-0.4, -0.2) is 57.7 Å². The van der Waals surface area contributed by atoms with Crippen LogP contribution in [0.25, 0.3) is 11.4 Å². The summed E-state index contributed by atoms with van der Waals surface area (Å²) in [5, 5.41) is 7.66. The van der Waals surface area contributed by atoms with Gasteiger partial charge in [-0.2, -0.15) is 0 Å². The summed E-state index contributed by atoms with van der Waals surface area (Å²) in [4.78, 5) is 19.3. The van der Waals surface area contributed by atoms with Crippen LogP contribution in [0.4, 0.5) is 0 Å². The minimum absolute atomic E-state index is 0.0226. The number of nitrogens with one attached hydrogen (secondary N) is 1. The number of carbonyl (C=O) groups is 1. The van der Waals surface area contributed by atoms with Crippen LogP contribution in [0.15, 0.2) is 59.8 Å². The first-order chi connectivity index (χ1) is 15.4. The molecule has 1 fully saturated rings. The van der Waals surface area contributed by atoms with Crippen LogP contribution in [0.5, 0.6) is 0 Å². The number of sulfone groups is 1. The zero-order chi connectivity index (χ0) is 22.6. The minimum atomic E-state index is -3.10. The number of rotatable bonds is 8. The lowest BCUT2D eigenvalue weighted by molar-refractivity contribution is -0.130. The number of carbonyl (C=O) groups excluding carboxylic acids is 1. The summed E-state index contributed by atoms with van der Waals surface area (Å²) in [6.07, 6.45) is 1.45. The lowest BCUT2D eigenvalue weighted by Crippen LogP contribution is -2.41. The molecule has 0 aliphatic carbocycles. The van der Waals surface area contributed by atoms with Crippen molar-refractivity contribution in [3.05, 3.63) is 65.7 Å². The van der Waals surface area contributed by atoms with E-state index < -0.39 is 9.84 Å². The van der Waals surface area contributed by atoms with Crippen molar-refractivity contribution in [1.82, 2.24) is 20.1 Å². The molecule has 1 aromatic heterocycles. The Morgan fingerprint density at radius 2 is 1.88 bits per heavy atom. The summed E-state index contributed by atoms with van der Waals surface area (Å²) in [5.74, 6) is 0.847. The Hall–Kier alpha value is -2.65. The van der Waals surface area contributed by atoms with Gasteiger partial charge in [-0.05, 0) is 24.0 Å². The van der Waals surface area contributed by atoms with Gasteiger partial charge in [0.2, 0.25) is 11.1 Å². The highest BCUT2D eigenvalue weighted by Crippen LogP contribution is 2.24. The highest BCUT2D eigenvalue weighted by Gasteiger charge is 2.34. The molecule has 1 N–H and O–H groups in total. The fraction of sp³-hybridized carbons (Fsp3) is 0.348. The zero-order valence-corrected chi connectivity index (χ0v) is 19.5. The molecule has 7 nitrogen and oxygen atoms in total. The van der Waals surface area contributed by atoms with Gasteiger partial charge in [0.25, 0.3) is 0 Å². The predicted octanol–water partition coefficient (Wildman–Crippen LogP) is 3.34. The molecular formula is C23H26N4O3S2. The van der Waals surface area contributed by atoms with Crippen molar-refractivity contribution in [1.29, 1.82) is 0 Å². The molecule has 4 rings (SSSR count). The number of benzene rings is 2. The van der Waals surface area contributed by atoms with E-state index in [0.717, 1.165) is 17.5 Å². The second-order valence-corrected chi connectivity index (χ2v) is 11.0. The molecule has 1 saturated heterocycles. The largest absolute Gasteiger partial charge is 0.334 e.